The van der Waals surface area contributed by atoms with E-state index in [0.717, 1.165) is 57.8 Å². The monoisotopic (exact) mass is 516 g/mol. The Kier molecular flexibility index (Phi) is 8.11. The quantitative estimate of drug-likeness (QED) is 0.331. The van der Waals surface area contributed by atoms with Crippen molar-refractivity contribution in [2.24, 2.45) is 11.8 Å². The van der Waals surface area contributed by atoms with Crippen molar-refractivity contribution in [2.75, 3.05) is 26.3 Å². The predicted molar refractivity (Wildman–Crippen MR) is 139 cm³/mol. The average Bonchev–Trinajstić information content (AvgIpc) is 3.27. The summed E-state index contributed by atoms with van der Waals surface area (Å²) in [7, 11) is 0. The van der Waals surface area contributed by atoms with Gasteiger partial charge in [-0.15, -0.1) is 11.8 Å². The van der Waals surface area contributed by atoms with Crippen molar-refractivity contribution >= 4 is 29.5 Å². The van der Waals surface area contributed by atoms with E-state index in [1.807, 2.05) is 4.90 Å². The van der Waals surface area contributed by atoms with Crippen molar-refractivity contribution in [1.29, 1.82) is 0 Å². The zero-order valence-corrected chi connectivity index (χ0v) is 22.0. The first-order valence-electron chi connectivity index (χ1n) is 14.0. The number of fused-ring (bicyclic) bond motifs is 2. The molecule has 8 heteroatoms. The highest BCUT2D eigenvalue weighted by atomic mass is 32.2. The molecule has 5 atom stereocenters. The maximum absolute atomic E-state index is 14.3. The van der Waals surface area contributed by atoms with E-state index in [9.17, 15) is 19.5 Å². The van der Waals surface area contributed by atoms with Crippen LogP contribution in [-0.2, 0) is 19.1 Å². The van der Waals surface area contributed by atoms with Gasteiger partial charge >= 0.3 is 5.97 Å². The molecule has 0 aromatic heterocycles. The number of thioether (sulfide) groups is 1. The van der Waals surface area contributed by atoms with Crippen LogP contribution in [0.2, 0.25) is 0 Å². The molecule has 2 saturated heterocycles. The minimum atomic E-state index is -0.763. The summed E-state index contributed by atoms with van der Waals surface area (Å²) >= 11 is 1.63. The van der Waals surface area contributed by atoms with E-state index in [-0.39, 0.29) is 35.7 Å². The Balaban J connectivity index is 1.52. The van der Waals surface area contributed by atoms with E-state index >= 15 is 0 Å². The number of nitrogens with zero attached hydrogens (tertiary/aromatic N) is 2. The van der Waals surface area contributed by atoms with Crippen LogP contribution in [0.5, 0.6) is 0 Å². The normalized spacial score (nSPS) is 36.2. The molecule has 3 fully saturated rings. The fraction of sp³-hybridized carbons (Fsp3) is 0.750. The van der Waals surface area contributed by atoms with Gasteiger partial charge in [0.05, 0.1) is 23.2 Å². The first kappa shape index (κ1) is 25.8. The maximum atomic E-state index is 14.3. The molecule has 1 aliphatic carbocycles. The zero-order chi connectivity index (χ0) is 25.1. The summed E-state index contributed by atoms with van der Waals surface area (Å²) in [5.41, 5.74) is 0. The van der Waals surface area contributed by atoms with E-state index in [4.69, 9.17) is 4.74 Å². The summed E-state index contributed by atoms with van der Waals surface area (Å²) in [4.78, 5) is 45.7. The van der Waals surface area contributed by atoms with Crippen LogP contribution >= 0.6 is 11.8 Å². The highest BCUT2D eigenvalue weighted by molar-refractivity contribution is 8.02. The van der Waals surface area contributed by atoms with Crippen molar-refractivity contribution in [1.82, 2.24) is 9.80 Å². The summed E-state index contributed by atoms with van der Waals surface area (Å²) < 4.78 is 4.92. The van der Waals surface area contributed by atoms with Gasteiger partial charge in [0.25, 0.3) is 0 Å². The Morgan fingerprint density at radius 2 is 1.83 bits per heavy atom. The first-order chi connectivity index (χ1) is 17.6. The van der Waals surface area contributed by atoms with Gasteiger partial charge in [0.2, 0.25) is 11.8 Å². The molecule has 1 spiro atoms. The molecule has 5 aliphatic rings. The van der Waals surface area contributed by atoms with E-state index in [2.05, 4.69) is 24.3 Å². The number of aliphatic hydroxyl groups is 1. The lowest BCUT2D eigenvalue weighted by atomic mass is 9.78. The number of aliphatic hydroxyl groups excluding tert-OH is 1. The lowest BCUT2D eigenvalue weighted by Crippen LogP contribution is -2.55. The Hall–Kier alpha value is -1.80. The second-order valence-electron chi connectivity index (χ2n) is 10.9. The van der Waals surface area contributed by atoms with Crippen LogP contribution in [0.15, 0.2) is 24.3 Å². The summed E-state index contributed by atoms with van der Waals surface area (Å²) in [6, 6.07) is -0.387. The lowest BCUT2D eigenvalue weighted by molar-refractivity contribution is -0.153. The van der Waals surface area contributed by atoms with Crippen LogP contribution in [0, 0.1) is 11.8 Å². The van der Waals surface area contributed by atoms with Gasteiger partial charge in [0, 0.05) is 31.0 Å². The highest BCUT2D eigenvalue weighted by Crippen LogP contribution is 2.60. The number of rotatable bonds is 6. The number of carbonyl (C=O) groups excluding carboxylic acids is 3. The van der Waals surface area contributed by atoms with Crippen LogP contribution < -0.4 is 0 Å². The summed E-state index contributed by atoms with van der Waals surface area (Å²) in [6.45, 7) is 1.55. The molecule has 4 heterocycles. The van der Waals surface area contributed by atoms with E-state index < -0.39 is 22.6 Å². The van der Waals surface area contributed by atoms with Crippen molar-refractivity contribution in [3.8, 4) is 0 Å². The van der Waals surface area contributed by atoms with Gasteiger partial charge in [-0.3, -0.25) is 14.4 Å². The molecule has 7 nitrogen and oxygen atoms in total. The number of carbonyl (C=O) groups is 3. The Labute approximate surface area is 218 Å². The third-order valence-corrected chi connectivity index (χ3v) is 10.4. The van der Waals surface area contributed by atoms with Crippen LogP contribution in [-0.4, -0.2) is 81.1 Å². The van der Waals surface area contributed by atoms with Crippen molar-refractivity contribution in [2.45, 2.75) is 92.7 Å². The van der Waals surface area contributed by atoms with Gasteiger partial charge in [-0.05, 0) is 51.4 Å². The number of allylic oxidation sites excluding steroid dienone is 1. The fourth-order valence-electron chi connectivity index (χ4n) is 6.97. The number of hydrogen-bond acceptors (Lipinski definition) is 6. The number of likely N-dealkylation sites (tertiary alicyclic amines) is 1. The van der Waals surface area contributed by atoms with Crippen LogP contribution in [0.25, 0.3) is 0 Å². The number of unbranched alkanes of at least 4 members (excludes halogenated alkanes) is 2. The Morgan fingerprint density at radius 3 is 2.64 bits per heavy atom. The molecule has 0 aromatic rings. The SMILES string of the molecule is O=C1OCCCC/C=C\[C@H]2S[C@]34C=CCN(C5CCCCC5)C(=O)C3N(CCCCCO)C(=O)[C@@H]4[C@@H]12. The van der Waals surface area contributed by atoms with E-state index in [1.165, 1.54) is 6.42 Å². The van der Waals surface area contributed by atoms with E-state index in [0.29, 0.717) is 26.1 Å². The second-order valence-corrected chi connectivity index (χ2v) is 12.4. The van der Waals surface area contributed by atoms with Crippen LogP contribution in [0.3, 0.4) is 0 Å². The lowest BCUT2D eigenvalue weighted by Gasteiger charge is -2.39. The maximum Gasteiger partial charge on any atom is 0.311 e. The highest BCUT2D eigenvalue weighted by Gasteiger charge is 2.71. The Bertz CT molecular complexity index is 900. The van der Waals surface area contributed by atoms with Crippen molar-refractivity contribution < 1.29 is 24.2 Å². The molecular weight excluding hydrogens is 476 g/mol. The molecule has 5 rings (SSSR count). The smallest absolute Gasteiger partial charge is 0.311 e. The van der Waals surface area contributed by atoms with Gasteiger partial charge in [-0.1, -0.05) is 43.6 Å². The number of amides is 2. The van der Waals surface area contributed by atoms with Crippen LogP contribution in [0.1, 0.15) is 70.6 Å². The molecule has 0 aromatic carbocycles. The van der Waals surface area contributed by atoms with Gasteiger partial charge < -0.3 is 19.6 Å². The summed E-state index contributed by atoms with van der Waals surface area (Å²) in [5.74, 6) is -1.53. The summed E-state index contributed by atoms with van der Waals surface area (Å²) in [6.07, 6.45) is 18.9. The molecule has 36 heavy (non-hydrogen) atoms. The molecule has 0 radical (unpaired) electrons. The first-order valence-corrected chi connectivity index (χ1v) is 14.9. The molecule has 1 saturated carbocycles. The topological polar surface area (TPSA) is 87.2 Å². The van der Waals surface area contributed by atoms with Gasteiger partial charge in [0.15, 0.2) is 0 Å². The molecule has 1 unspecified atom stereocenters. The molecule has 198 valence electrons. The zero-order valence-electron chi connectivity index (χ0n) is 21.2. The minimum Gasteiger partial charge on any atom is -0.465 e. The third-order valence-electron chi connectivity index (χ3n) is 8.70. The largest absolute Gasteiger partial charge is 0.465 e. The Morgan fingerprint density at radius 1 is 1.00 bits per heavy atom. The van der Waals surface area contributed by atoms with Crippen LogP contribution in [0.4, 0.5) is 0 Å². The second kappa shape index (κ2) is 11.3. The third kappa shape index (κ3) is 4.64. The van der Waals surface area contributed by atoms with Crippen molar-refractivity contribution in [3.05, 3.63) is 24.3 Å². The average molecular weight is 517 g/mol. The number of hydrogen-bond donors (Lipinski definition) is 1. The molecular formula is C28H40N2O5S. The predicted octanol–water partition coefficient (Wildman–Crippen LogP) is 3.46. The van der Waals surface area contributed by atoms with Gasteiger partial charge in [-0.25, -0.2) is 0 Å². The van der Waals surface area contributed by atoms with Gasteiger partial charge in [0.1, 0.15) is 6.04 Å². The molecule has 0 bridgehead atoms. The number of ether oxygens (including phenoxy) is 1. The van der Waals surface area contributed by atoms with Crippen molar-refractivity contribution in [3.63, 3.8) is 0 Å². The minimum absolute atomic E-state index is 0.0403. The standard InChI is InChI=1S/C28H40N2O5S/c31-18-9-4-8-16-30-24-26(33)29(20-12-5-3-6-13-20)17-11-15-28(24)23(25(30)32)22-21(36-28)14-7-1-2-10-19-35-27(22)34/h7,11,14-15,20-24,31H,1-6,8-10,12-13,16-19H2/b14-7-/t21-,22+,23+,24?,28+/m1/s1. The van der Waals surface area contributed by atoms with Gasteiger partial charge in [-0.2, -0.15) is 0 Å². The summed E-state index contributed by atoms with van der Waals surface area (Å²) in [5, 5.41) is 9.05. The van der Waals surface area contributed by atoms with E-state index in [1.54, 1.807) is 16.7 Å². The molecule has 2 amide bonds. The number of esters is 1. The fourth-order valence-corrected chi connectivity index (χ4v) is 8.97. The molecule has 1 N–H and O–H groups in total. The molecule has 4 aliphatic heterocycles. The number of cyclic esters (lactones) is 1.